The molecule has 1 aliphatic rings. The molecule has 30 heavy (non-hydrogen) atoms. The van der Waals surface area contributed by atoms with Gasteiger partial charge >= 0.3 is 0 Å². The van der Waals surface area contributed by atoms with Crippen LogP contribution in [0, 0.1) is 0 Å². The van der Waals surface area contributed by atoms with Crippen LogP contribution in [0.3, 0.4) is 0 Å². The lowest BCUT2D eigenvalue weighted by atomic mass is 10.2. The summed E-state index contributed by atoms with van der Waals surface area (Å²) < 4.78 is 8.50. The Kier molecular flexibility index (Phi) is 5.90. The van der Waals surface area contributed by atoms with Crippen LogP contribution in [0.1, 0.15) is 6.42 Å². The molecular weight excluding hydrogens is 380 g/mol. The molecule has 0 radical (unpaired) electrons. The lowest BCUT2D eigenvalue weighted by molar-refractivity contribution is 0.245. The van der Waals surface area contributed by atoms with Crippen LogP contribution < -0.4 is 20.8 Å². The molecule has 0 saturated carbocycles. The molecule has 0 N–H and O–H groups in total. The van der Waals surface area contributed by atoms with Crippen LogP contribution in [0.25, 0.3) is 10.8 Å². The highest BCUT2D eigenvalue weighted by Gasteiger charge is 2.19. The molecule has 3 aromatic rings. The first kappa shape index (κ1) is 20.2. The van der Waals surface area contributed by atoms with Crippen molar-refractivity contribution < 1.29 is 4.74 Å². The SMILES string of the molecule is COc1ccccc1N1CCN(CCCn2c(=O)c3ccccc3c(=O)n2C)CC1. The monoisotopic (exact) mass is 408 g/mol. The van der Waals surface area contributed by atoms with E-state index in [0.29, 0.717) is 17.3 Å². The Hall–Kier alpha value is -3.06. The van der Waals surface area contributed by atoms with E-state index in [9.17, 15) is 9.59 Å². The third-order valence-corrected chi connectivity index (χ3v) is 5.92. The van der Waals surface area contributed by atoms with E-state index in [1.54, 1.807) is 43.1 Å². The number of piperazine rings is 1. The van der Waals surface area contributed by atoms with Crippen molar-refractivity contribution in [2.24, 2.45) is 7.05 Å². The summed E-state index contributed by atoms with van der Waals surface area (Å²) in [6, 6.07) is 15.1. The van der Waals surface area contributed by atoms with Gasteiger partial charge in [-0.15, -0.1) is 0 Å². The van der Waals surface area contributed by atoms with Crippen molar-refractivity contribution in [1.29, 1.82) is 0 Å². The number of fused-ring (bicyclic) bond motifs is 1. The van der Waals surface area contributed by atoms with E-state index in [-0.39, 0.29) is 11.1 Å². The van der Waals surface area contributed by atoms with Gasteiger partial charge in [-0.1, -0.05) is 24.3 Å². The maximum Gasteiger partial charge on any atom is 0.273 e. The predicted octanol–water partition coefficient (Wildman–Crippen LogP) is 1.92. The van der Waals surface area contributed by atoms with Crippen LogP contribution in [0.15, 0.2) is 58.1 Å². The van der Waals surface area contributed by atoms with Crippen LogP contribution in [-0.2, 0) is 13.6 Å². The highest BCUT2D eigenvalue weighted by atomic mass is 16.5. The minimum atomic E-state index is -0.129. The Balaban J connectivity index is 1.37. The van der Waals surface area contributed by atoms with Gasteiger partial charge < -0.3 is 9.64 Å². The minimum absolute atomic E-state index is 0.103. The Bertz CT molecular complexity index is 1140. The first-order valence-electron chi connectivity index (χ1n) is 10.4. The van der Waals surface area contributed by atoms with Crippen LogP contribution in [0.5, 0.6) is 5.75 Å². The third-order valence-electron chi connectivity index (χ3n) is 5.92. The van der Waals surface area contributed by atoms with E-state index < -0.39 is 0 Å². The van der Waals surface area contributed by atoms with Crippen molar-refractivity contribution in [2.75, 3.05) is 44.7 Å². The molecule has 7 heteroatoms. The molecule has 1 saturated heterocycles. The average molecular weight is 409 g/mol. The van der Waals surface area contributed by atoms with Gasteiger partial charge in [-0.2, -0.15) is 0 Å². The van der Waals surface area contributed by atoms with E-state index in [1.165, 1.54) is 4.68 Å². The molecule has 1 aliphatic heterocycles. The zero-order valence-electron chi connectivity index (χ0n) is 17.6. The van der Waals surface area contributed by atoms with Gasteiger partial charge in [0.1, 0.15) is 5.75 Å². The zero-order valence-corrected chi connectivity index (χ0v) is 17.6. The number of anilines is 1. The standard InChI is InChI=1S/C23H28N4O3/c1-24-22(28)18-8-3-4-9-19(18)23(29)27(24)13-7-12-25-14-16-26(17-15-25)20-10-5-6-11-21(20)30-2/h3-6,8-11H,7,12-17H2,1-2H3. The van der Waals surface area contributed by atoms with Crippen LogP contribution in [0.4, 0.5) is 5.69 Å². The molecule has 0 unspecified atom stereocenters. The number of nitrogens with zero attached hydrogens (tertiary/aromatic N) is 4. The van der Waals surface area contributed by atoms with Crippen LogP contribution in [0.2, 0.25) is 0 Å². The Morgan fingerprint density at radius 1 is 0.833 bits per heavy atom. The molecule has 2 aromatic carbocycles. The molecule has 1 aromatic heterocycles. The van der Waals surface area contributed by atoms with Crippen LogP contribution >= 0.6 is 0 Å². The fourth-order valence-electron chi connectivity index (χ4n) is 4.21. The van der Waals surface area contributed by atoms with Gasteiger partial charge in [-0.05, 0) is 30.7 Å². The largest absolute Gasteiger partial charge is 0.495 e. The Morgan fingerprint density at radius 3 is 2.17 bits per heavy atom. The van der Waals surface area contributed by atoms with Gasteiger partial charge in [-0.3, -0.25) is 19.2 Å². The average Bonchev–Trinajstić information content (AvgIpc) is 2.80. The molecule has 0 aliphatic carbocycles. The quantitative estimate of drug-likeness (QED) is 0.624. The van der Waals surface area contributed by atoms with Crippen molar-refractivity contribution in [3.05, 3.63) is 69.2 Å². The smallest absolute Gasteiger partial charge is 0.273 e. The van der Waals surface area contributed by atoms with Gasteiger partial charge in [0.15, 0.2) is 0 Å². The molecule has 0 amide bonds. The van der Waals surface area contributed by atoms with Gasteiger partial charge in [0.25, 0.3) is 11.1 Å². The number of para-hydroxylation sites is 2. The minimum Gasteiger partial charge on any atom is -0.495 e. The molecule has 0 atom stereocenters. The van der Waals surface area contributed by atoms with E-state index in [2.05, 4.69) is 15.9 Å². The Morgan fingerprint density at radius 2 is 1.47 bits per heavy atom. The summed E-state index contributed by atoms with van der Waals surface area (Å²) >= 11 is 0. The maximum absolute atomic E-state index is 12.8. The number of aromatic nitrogens is 2. The summed E-state index contributed by atoms with van der Waals surface area (Å²) in [5.41, 5.74) is 0.904. The predicted molar refractivity (Wildman–Crippen MR) is 120 cm³/mol. The molecule has 1 fully saturated rings. The molecular formula is C23H28N4O3. The van der Waals surface area contributed by atoms with Gasteiger partial charge in [0.2, 0.25) is 0 Å². The number of methoxy groups -OCH3 is 1. The molecule has 7 nitrogen and oxygen atoms in total. The van der Waals surface area contributed by atoms with Gasteiger partial charge in [0, 0.05) is 46.3 Å². The van der Waals surface area contributed by atoms with E-state index in [1.807, 2.05) is 18.2 Å². The second-order valence-corrected chi connectivity index (χ2v) is 7.66. The fraction of sp³-hybridized carbons (Fsp3) is 0.391. The lowest BCUT2D eigenvalue weighted by Gasteiger charge is -2.36. The third kappa shape index (κ3) is 3.85. The fourth-order valence-corrected chi connectivity index (χ4v) is 4.21. The first-order valence-corrected chi connectivity index (χ1v) is 10.4. The number of hydrogen-bond acceptors (Lipinski definition) is 5. The number of rotatable bonds is 6. The lowest BCUT2D eigenvalue weighted by Crippen LogP contribution is -2.47. The molecule has 0 spiro atoms. The topological polar surface area (TPSA) is 59.7 Å². The van der Waals surface area contributed by atoms with E-state index in [0.717, 1.165) is 50.6 Å². The summed E-state index contributed by atoms with van der Waals surface area (Å²) in [6.45, 7) is 5.23. The molecule has 4 rings (SSSR count). The molecule has 2 heterocycles. The summed E-state index contributed by atoms with van der Waals surface area (Å²) in [7, 11) is 3.37. The van der Waals surface area contributed by atoms with Crippen molar-refractivity contribution in [1.82, 2.24) is 14.3 Å². The summed E-state index contributed by atoms with van der Waals surface area (Å²) in [5, 5.41) is 0.972. The van der Waals surface area contributed by atoms with E-state index in [4.69, 9.17) is 4.74 Å². The number of hydrogen-bond donors (Lipinski definition) is 0. The van der Waals surface area contributed by atoms with Gasteiger partial charge in [0.05, 0.1) is 23.6 Å². The maximum atomic E-state index is 12.8. The second kappa shape index (κ2) is 8.75. The summed E-state index contributed by atoms with van der Waals surface area (Å²) in [6.07, 6.45) is 0.820. The van der Waals surface area contributed by atoms with Crippen molar-refractivity contribution in [2.45, 2.75) is 13.0 Å². The van der Waals surface area contributed by atoms with Crippen molar-refractivity contribution in [3.8, 4) is 5.75 Å². The van der Waals surface area contributed by atoms with Crippen LogP contribution in [-0.4, -0.2) is 54.1 Å². The molecule has 158 valence electrons. The van der Waals surface area contributed by atoms with E-state index >= 15 is 0 Å². The first-order chi connectivity index (χ1) is 14.6. The van der Waals surface area contributed by atoms with Gasteiger partial charge in [-0.25, -0.2) is 4.68 Å². The van der Waals surface area contributed by atoms with Crippen molar-refractivity contribution >= 4 is 16.5 Å². The number of benzene rings is 2. The summed E-state index contributed by atoms with van der Waals surface area (Å²) in [5.74, 6) is 0.905. The normalized spacial score (nSPS) is 14.9. The zero-order chi connectivity index (χ0) is 21.1. The second-order valence-electron chi connectivity index (χ2n) is 7.66. The number of ether oxygens (including phenoxy) is 1. The van der Waals surface area contributed by atoms with Crippen molar-refractivity contribution in [3.63, 3.8) is 0 Å². The Labute approximate surface area is 175 Å². The summed E-state index contributed by atoms with van der Waals surface area (Å²) in [4.78, 5) is 30.1. The highest BCUT2D eigenvalue weighted by molar-refractivity contribution is 5.80. The highest BCUT2D eigenvalue weighted by Crippen LogP contribution is 2.28. The molecule has 0 bridgehead atoms.